The molecule has 1 aromatic carbocycles. The van der Waals surface area contributed by atoms with Gasteiger partial charge in [0, 0.05) is 45.1 Å². The molecule has 0 radical (unpaired) electrons. The first-order chi connectivity index (χ1) is 14.1. The molecular weight excluding hydrogens is 362 g/mol. The quantitative estimate of drug-likeness (QED) is 0.598. The van der Waals surface area contributed by atoms with Crippen molar-refractivity contribution in [2.75, 3.05) is 58.3 Å². The molecule has 1 N–H and O–H groups in total. The summed E-state index contributed by atoms with van der Waals surface area (Å²) in [4.78, 5) is 20.5. The lowest BCUT2D eigenvalue weighted by Gasteiger charge is -2.36. The first-order valence-electron chi connectivity index (χ1n) is 10.4. The molecule has 1 aromatic heterocycles. The molecule has 0 saturated carbocycles. The summed E-state index contributed by atoms with van der Waals surface area (Å²) in [6.07, 6.45) is 3.60. The molecule has 1 fully saturated rings. The van der Waals surface area contributed by atoms with Gasteiger partial charge in [0.15, 0.2) is 5.96 Å². The Morgan fingerprint density at radius 3 is 2.34 bits per heavy atom. The van der Waals surface area contributed by atoms with Crippen molar-refractivity contribution in [1.82, 2.24) is 25.1 Å². The van der Waals surface area contributed by atoms with Gasteiger partial charge in [-0.1, -0.05) is 29.8 Å². The lowest BCUT2D eigenvalue weighted by atomic mass is 10.0. The van der Waals surface area contributed by atoms with Crippen molar-refractivity contribution in [3.63, 3.8) is 0 Å². The summed E-state index contributed by atoms with van der Waals surface area (Å²) in [5.74, 6) is 1.79. The maximum atomic E-state index is 5.00. The number of aromatic nitrogens is 2. The van der Waals surface area contributed by atoms with Gasteiger partial charge in [-0.2, -0.15) is 0 Å². The Balaban J connectivity index is 1.66. The van der Waals surface area contributed by atoms with E-state index in [1.165, 1.54) is 11.1 Å². The van der Waals surface area contributed by atoms with Gasteiger partial charge in [-0.05, 0) is 39.6 Å². The highest BCUT2D eigenvalue weighted by atomic mass is 15.4. The Labute approximate surface area is 174 Å². The van der Waals surface area contributed by atoms with Crippen LogP contribution >= 0.6 is 0 Å². The average molecular weight is 396 g/mol. The maximum absolute atomic E-state index is 5.00. The molecule has 0 amide bonds. The van der Waals surface area contributed by atoms with Gasteiger partial charge in [-0.25, -0.2) is 9.97 Å². The monoisotopic (exact) mass is 395 g/mol. The number of aryl methyl sites for hydroxylation is 1. The van der Waals surface area contributed by atoms with Gasteiger partial charge in [0.05, 0.1) is 12.6 Å². The van der Waals surface area contributed by atoms with E-state index in [1.54, 1.807) is 12.4 Å². The van der Waals surface area contributed by atoms with Crippen LogP contribution in [0.5, 0.6) is 0 Å². The Morgan fingerprint density at radius 1 is 1.10 bits per heavy atom. The summed E-state index contributed by atoms with van der Waals surface area (Å²) in [6, 6.07) is 10.9. The molecule has 0 spiro atoms. The van der Waals surface area contributed by atoms with Crippen LogP contribution in [0.1, 0.15) is 24.1 Å². The van der Waals surface area contributed by atoms with Gasteiger partial charge in [-0.15, -0.1) is 0 Å². The van der Waals surface area contributed by atoms with E-state index in [1.807, 2.05) is 6.07 Å². The lowest BCUT2D eigenvalue weighted by Crippen LogP contribution is -2.53. The summed E-state index contributed by atoms with van der Waals surface area (Å²) < 4.78 is 0. The molecule has 7 nitrogen and oxygen atoms in total. The number of nitrogens with zero attached hydrogens (tertiary/aromatic N) is 6. The van der Waals surface area contributed by atoms with E-state index < -0.39 is 0 Å². The van der Waals surface area contributed by atoms with Gasteiger partial charge in [0.25, 0.3) is 0 Å². The fourth-order valence-corrected chi connectivity index (χ4v) is 3.53. The molecule has 2 aromatic rings. The molecule has 1 aliphatic rings. The van der Waals surface area contributed by atoms with Crippen molar-refractivity contribution in [2.45, 2.75) is 19.9 Å². The number of piperazine rings is 1. The van der Waals surface area contributed by atoms with E-state index in [4.69, 9.17) is 4.99 Å². The van der Waals surface area contributed by atoms with Crippen molar-refractivity contribution in [3.05, 3.63) is 53.9 Å². The van der Waals surface area contributed by atoms with Crippen LogP contribution in [-0.2, 0) is 0 Å². The molecule has 0 bridgehead atoms. The standard InChI is InChI=1S/C22H33N7/c1-5-23-21(26-17-20(27(3)4)19-9-7-18(2)8-10-19)28-13-15-29(16-14-28)22-24-11-6-12-25-22/h6-12,20H,5,13-17H2,1-4H3,(H,23,26). The first kappa shape index (κ1) is 21.0. The largest absolute Gasteiger partial charge is 0.357 e. The number of aliphatic imine (C=N–C) groups is 1. The summed E-state index contributed by atoms with van der Waals surface area (Å²) in [7, 11) is 4.23. The van der Waals surface area contributed by atoms with Gasteiger partial charge in [-0.3, -0.25) is 4.99 Å². The first-order valence-corrected chi connectivity index (χ1v) is 10.4. The van der Waals surface area contributed by atoms with E-state index in [2.05, 4.69) is 82.2 Å². The lowest BCUT2D eigenvalue weighted by molar-refractivity contribution is 0.303. The summed E-state index contributed by atoms with van der Waals surface area (Å²) in [5, 5.41) is 3.47. The average Bonchev–Trinajstić information content (AvgIpc) is 2.75. The van der Waals surface area contributed by atoms with Crippen molar-refractivity contribution in [3.8, 4) is 0 Å². The second-order valence-electron chi connectivity index (χ2n) is 7.61. The second-order valence-corrected chi connectivity index (χ2v) is 7.61. The van der Waals surface area contributed by atoms with Crippen LogP contribution in [0.2, 0.25) is 0 Å². The van der Waals surface area contributed by atoms with Crippen LogP contribution in [0.15, 0.2) is 47.7 Å². The van der Waals surface area contributed by atoms with Gasteiger partial charge in [0.2, 0.25) is 5.95 Å². The summed E-state index contributed by atoms with van der Waals surface area (Å²) in [6.45, 7) is 9.41. The molecular formula is C22H33N7. The fourth-order valence-electron chi connectivity index (χ4n) is 3.53. The minimum absolute atomic E-state index is 0.253. The molecule has 156 valence electrons. The van der Waals surface area contributed by atoms with Crippen LogP contribution in [0.3, 0.4) is 0 Å². The number of rotatable bonds is 6. The van der Waals surface area contributed by atoms with E-state index in [0.29, 0.717) is 0 Å². The second kappa shape index (κ2) is 10.2. The Morgan fingerprint density at radius 2 is 1.76 bits per heavy atom. The summed E-state index contributed by atoms with van der Waals surface area (Å²) >= 11 is 0. The predicted molar refractivity (Wildman–Crippen MR) is 119 cm³/mol. The Bertz CT molecular complexity index is 766. The number of anilines is 1. The molecule has 2 heterocycles. The minimum Gasteiger partial charge on any atom is -0.357 e. The smallest absolute Gasteiger partial charge is 0.225 e. The van der Waals surface area contributed by atoms with Gasteiger partial charge >= 0.3 is 0 Å². The molecule has 1 saturated heterocycles. The molecule has 29 heavy (non-hydrogen) atoms. The molecule has 1 aliphatic heterocycles. The minimum atomic E-state index is 0.253. The fraction of sp³-hybridized carbons (Fsp3) is 0.500. The van der Waals surface area contributed by atoms with Crippen LogP contribution < -0.4 is 10.2 Å². The van der Waals surface area contributed by atoms with Crippen LogP contribution in [0.4, 0.5) is 5.95 Å². The van der Waals surface area contributed by atoms with E-state index in [0.717, 1.165) is 51.2 Å². The molecule has 7 heteroatoms. The third-order valence-corrected chi connectivity index (χ3v) is 5.25. The predicted octanol–water partition coefficient (Wildman–Crippen LogP) is 2.18. The van der Waals surface area contributed by atoms with Crippen molar-refractivity contribution in [2.24, 2.45) is 4.99 Å². The van der Waals surface area contributed by atoms with Crippen LogP contribution in [-0.4, -0.2) is 79.1 Å². The van der Waals surface area contributed by atoms with Crippen molar-refractivity contribution < 1.29 is 0 Å². The number of hydrogen-bond donors (Lipinski definition) is 1. The highest BCUT2D eigenvalue weighted by molar-refractivity contribution is 5.80. The zero-order valence-electron chi connectivity index (χ0n) is 18.0. The zero-order chi connectivity index (χ0) is 20.6. The van der Waals surface area contributed by atoms with Crippen LogP contribution in [0.25, 0.3) is 0 Å². The Kier molecular flexibility index (Phi) is 7.41. The maximum Gasteiger partial charge on any atom is 0.225 e. The Hall–Kier alpha value is -2.67. The highest BCUT2D eigenvalue weighted by Gasteiger charge is 2.22. The molecule has 0 aliphatic carbocycles. The summed E-state index contributed by atoms with van der Waals surface area (Å²) in [5.41, 5.74) is 2.58. The van der Waals surface area contributed by atoms with Crippen LogP contribution in [0, 0.1) is 6.92 Å². The van der Waals surface area contributed by atoms with Gasteiger partial charge in [0.1, 0.15) is 0 Å². The number of benzene rings is 1. The number of likely N-dealkylation sites (N-methyl/N-ethyl adjacent to an activating group) is 1. The van der Waals surface area contributed by atoms with E-state index in [-0.39, 0.29) is 6.04 Å². The zero-order valence-corrected chi connectivity index (χ0v) is 18.0. The van der Waals surface area contributed by atoms with E-state index in [9.17, 15) is 0 Å². The van der Waals surface area contributed by atoms with Crippen molar-refractivity contribution >= 4 is 11.9 Å². The highest BCUT2D eigenvalue weighted by Crippen LogP contribution is 2.19. The van der Waals surface area contributed by atoms with Gasteiger partial charge < -0.3 is 20.0 Å². The van der Waals surface area contributed by atoms with E-state index >= 15 is 0 Å². The number of guanidine groups is 1. The third-order valence-electron chi connectivity index (χ3n) is 5.25. The normalized spacial score (nSPS) is 16.2. The molecule has 1 unspecified atom stereocenters. The number of nitrogens with one attached hydrogen (secondary N) is 1. The third kappa shape index (κ3) is 5.67. The molecule has 1 atom stereocenters. The molecule has 3 rings (SSSR count). The number of hydrogen-bond acceptors (Lipinski definition) is 5. The van der Waals surface area contributed by atoms with Crippen molar-refractivity contribution in [1.29, 1.82) is 0 Å². The SMILES string of the molecule is CCNC(=NCC(c1ccc(C)cc1)N(C)C)N1CCN(c2ncccn2)CC1. The topological polar surface area (TPSA) is 59.9 Å².